The number of fused-ring (bicyclic) bond motifs is 2. The van der Waals surface area contributed by atoms with E-state index in [1.54, 1.807) is 11.8 Å². The predicted molar refractivity (Wildman–Crippen MR) is 69.8 cm³/mol. The second kappa shape index (κ2) is 4.39. The van der Waals surface area contributed by atoms with Crippen molar-refractivity contribution in [2.24, 2.45) is 11.3 Å². The Bertz CT molecular complexity index is 411. The van der Waals surface area contributed by atoms with Crippen molar-refractivity contribution in [1.29, 1.82) is 0 Å². The van der Waals surface area contributed by atoms with Crippen LogP contribution in [0.15, 0.2) is 0 Å². The van der Waals surface area contributed by atoms with Crippen molar-refractivity contribution in [1.82, 2.24) is 9.80 Å². The third-order valence-corrected chi connectivity index (χ3v) is 5.14. The minimum atomic E-state index is -0.784. The van der Waals surface area contributed by atoms with Gasteiger partial charge in [0.2, 0.25) is 0 Å². The molecule has 0 aromatic rings. The van der Waals surface area contributed by atoms with E-state index in [1.807, 2.05) is 4.90 Å². The summed E-state index contributed by atoms with van der Waals surface area (Å²) in [4.78, 5) is 27.7. The van der Waals surface area contributed by atoms with Crippen molar-refractivity contribution in [3.63, 3.8) is 0 Å². The number of carboxylic acid groups (broad SMARTS) is 1. The van der Waals surface area contributed by atoms with E-state index in [-0.39, 0.29) is 6.03 Å². The Morgan fingerprint density at radius 1 is 1.32 bits per heavy atom. The van der Waals surface area contributed by atoms with Gasteiger partial charge in [-0.15, -0.1) is 0 Å². The molecule has 3 atom stereocenters. The highest BCUT2D eigenvalue weighted by atomic mass is 16.4. The molecule has 2 amide bonds. The first-order chi connectivity index (χ1) is 8.99. The summed E-state index contributed by atoms with van der Waals surface area (Å²) in [5.41, 5.74) is -0.771. The molecule has 5 heteroatoms. The molecule has 0 spiro atoms. The van der Waals surface area contributed by atoms with Gasteiger partial charge in [-0.1, -0.05) is 0 Å². The monoisotopic (exact) mass is 266 g/mol. The number of likely N-dealkylation sites (tertiary alicyclic amines) is 2. The number of nitrogens with zero attached hydrogens (tertiary/aromatic N) is 2. The van der Waals surface area contributed by atoms with Crippen LogP contribution in [0.3, 0.4) is 0 Å². The topological polar surface area (TPSA) is 60.9 Å². The quantitative estimate of drug-likeness (QED) is 0.787. The third kappa shape index (κ3) is 2.09. The standard InChI is InChI=1S/C14H22N2O3/c1-14(12(17)18)5-2-6-15(9-14)13(19)16-8-10-3-4-11(16)7-10/h10-11H,2-9H2,1H3,(H,17,18). The molecule has 0 radical (unpaired) electrons. The van der Waals surface area contributed by atoms with Crippen molar-refractivity contribution in [2.75, 3.05) is 19.6 Å². The van der Waals surface area contributed by atoms with E-state index in [0.29, 0.717) is 31.5 Å². The van der Waals surface area contributed by atoms with Crippen LogP contribution in [0.2, 0.25) is 0 Å². The molecule has 3 unspecified atom stereocenters. The highest BCUT2D eigenvalue weighted by Crippen LogP contribution is 2.39. The molecule has 1 saturated carbocycles. The first-order valence-electron chi connectivity index (χ1n) is 7.28. The zero-order chi connectivity index (χ0) is 13.6. The summed E-state index contributed by atoms with van der Waals surface area (Å²) in [6.45, 7) is 3.69. The van der Waals surface area contributed by atoms with Crippen LogP contribution in [-0.2, 0) is 4.79 Å². The maximum atomic E-state index is 12.6. The third-order valence-electron chi connectivity index (χ3n) is 5.14. The first kappa shape index (κ1) is 12.8. The Morgan fingerprint density at radius 3 is 2.68 bits per heavy atom. The van der Waals surface area contributed by atoms with Crippen molar-refractivity contribution in [3.8, 4) is 0 Å². The molecule has 2 aliphatic heterocycles. The van der Waals surface area contributed by atoms with Crippen LogP contribution in [0.4, 0.5) is 4.79 Å². The maximum absolute atomic E-state index is 12.6. The number of piperidine rings is 2. The van der Waals surface area contributed by atoms with E-state index in [9.17, 15) is 14.7 Å². The lowest BCUT2D eigenvalue weighted by Crippen LogP contribution is -2.54. The number of hydrogen-bond acceptors (Lipinski definition) is 2. The average Bonchev–Trinajstić information content (AvgIpc) is 3.00. The number of carbonyl (C=O) groups excluding carboxylic acids is 1. The Labute approximate surface area is 113 Å². The predicted octanol–water partition coefficient (Wildman–Crippen LogP) is 1.78. The van der Waals surface area contributed by atoms with Crippen LogP contribution in [0.5, 0.6) is 0 Å². The van der Waals surface area contributed by atoms with Gasteiger partial charge >= 0.3 is 12.0 Å². The van der Waals surface area contributed by atoms with Gasteiger partial charge in [0.05, 0.1) is 5.41 Å². The van der Waals surface area contributed by atoms with E-state index in [4.69, 9.17) is 0 Å². The van der Waals surface area contributed by atoms with E-state index >= 15 is 0 Å². The summed E-state index contributed by atoms with van der Waals surface area (Å²) in [7, 11) is 0. The molecule has 2 bridgehead atoms. The van der Waals surface area contributed by atoms with Crippen LogP contribution < -0.4 is 0 Å². The molecule has 2 saturated heterocycles. The zero-order valence-electron chi connectivity index (χ0n) is 11.5. The number of amides is 2. The summed E-state index contributed by atoms with van der Waals surface area (Å²) >= 11 is 0. The molecule has 106 valence electrons. The van der Waals surface area contributed by atoms with Crippen molar-refractivity contribution in [3.05, 3.63) is 0 Å². The summed E-state index contributed by atoms with van der Waals surface area (Å²) in [6, 6.07) is 0.481. The van der Waals surface area contributed by atoms with Crippen molar-refractivity contribution in [2.45, 2.75) is 45.1 Å². The van der Waals surface area contributed by atoms with Gasteiger partial charge in [-0.3, -0.25) is 4.79 Å². The molecule has 1 N–H and O–H groups in total. The first-order valence-corrected chi connectivity index (χ1v) is 7.28. The largest absolute Gasteiger partial charge is 0.481 e. The van der Waals surface area contributed by atoms with Gasteiger partial charge < -0.3 is 14.9 Å². The summed E-state index contributed by atoms with van der Waals surface area (Å²) < 4.78 is 0. The lowest BCUT2D eigenvalue weighted by Gasteiger charge is -2.40. The minimum absolute atomic E-state index is 0.0689. The van der Waals surface area contributed by atoms with Crippen LogP contribution in [0.1, 0.15) is 39.0 Å². The molecule has 0 aromatic heterocycles. The SMILES string of the molecule is CC1(C(=O)O)CCCN(C(=O)N2CC3CCC2C3)C1. The molecule has 3 aliphatic rings. The average molecular weight is 266 g/mol. The van der Waals surface area contributed by atoms with Gasteiger partial charge in [0, 0.05) is 25.7 Å². The lowest BCUT2D eigenvalue weighted by atomic mass is 9.82. The molecule has 0 aromatic carbocycles. The molecular weight excluding hydrogens is 244 g/mol. The molecular formula is C14H22N2O3. The van der Waals surface area contributed by atoms with Gasteiger partial charge in [0.1, 0.15) is 0 Å². The number of aliphatic carboxylic acids is 1. The summed E-state index contributed by atoms with van der Waals surface area (Å²) in [5, 5.41) is 9.32. The number of carboxylic acids is 1. The van der Waals surface area contributed by atoms with Gasteiger partial charge in [0.25, 0.3) is 0 Å². The summed E-state index contributed by atoms with van der Waals surface area (Å²) in [5.74, 6) is -0.0995. The van der Waals surface area contributed by atoms with Crippen LogP contribution in [-0.4, -0.2) is 52.6 Å². The molecule has 3 fully saturated rings. The fourth-order valence-corrected chi connectivity index (χ4v) is 3.92. The molecule has 2 heterocycles. The smallest absolute Gasteiger partial charge is 0.320 e. The van der Waals surface area contributed by atoms with Crippen molar-refractivity contribution < 1.29 is 14.7 Å². The van der Waals surface area contributed by atoms with Gasteiger partial charge in [-0.2, -0.15) is 0 Å². The van der Waals surface area contributed by atoms with E-state index < -0.39 is 11.4 Å². The maximum Gasteiger partial charge on any atom is 0.320 e. The second-order valence-corrected chi connectivity index (χ2v) is 6.66. The molecule has 3 rings (SSSR count). The number of urea groups is 1. The second-order valence-electron chi connectivity index (χ2n) is 6.66. The Morgan fingerprint density at radius 2 is 2.11 bits per heavy atom. The fraction of sp³-hybridized carbons (Fsp3) is 0.857. The molecule has 5 nitrogen and oxygen atoms in total. The lowest BCUT2D eigenvalue weighted by molar-refractivity contribution is -0.150. The Hall–Kier alpha value is -1.26. The fourth-order valence-electron chi connectivity index (χ4n) is 3.92. The van der Waals surface area contributed by atoms with E-state index in [2.05, 4.69) is 0 Å². The van der Waals surface area contributed by atoms with Gasteiger partial charge in [-0.25, -0.2) is 4.79 Å². The van der Waals surface area contributed by atoms with Gasteiger partial charge in [-0.05, 0) is 44.9 Å². The van der Waals surface area contributed by atoms with E-state index in [1.165, 1.54) is 6.42 Å². The van der Waals surface area contributed by atoms with Crippen LogP contribution in [0.25, 0.3) is 0 Å². The number of carbonyl (C=O) groups is 2. The molecule has 1 aliphatic carbocycles. The molecule has 19 heavy (non-hydrogen) atoms. The van der Waals surface area contributed by atoms with E-state index in [0.717, 1.165) is 25.8 Å². The minimum Gasteiger partial charge on any atom is -0.481 e. The summed E-state index contributed by atoms with van der Waals surface area (Å²) in [6.07, 6.45) is 4.98. The number of hydrogen-bond donors (Lipinski definition) is 1. The highest BCUT2D eigenvalue weighted by molar-refractivity contribution is 5.79. The zero-order valence-corrected chi connectivity index (χ0v) is 11.5. The Balaban J connectivity index is 1.68. The number of rotatable bonds is 1. The van der Waals surface area contributed by atoms with Gasteiger partial charge in [0.15, 0.2) is 0 Å². The van der Waals surface area contributed by atoms with Crippen LogP contribution in [0, 0.1) is 11.3 Å². The van der Waals surface area contributed by atoms with Crippen molar-refractivity contribution >= 4 is 12.0 Å². The van der Waals surface area contributed by atoms with Crippen LogP contribution >= 0.6 is 0 Å². The Kier molecular flexibility index (Phi) is 2.95. The normalized spacial score (nSPS) is 37.7. The highest BCUT2D eigenvalue weighted by Gasteiger charge is 2.45.